The third-order valence-corrected chi connectivity index (χ3v) is 5.68. The fourth-order valence-electron chi connectivity index (χ4n) is 2.36. The van der Waals surface area contributed by atoms with Crippen LogP contribution in [0.25, 0.3) is 0 Å². The molecule has 1 heterocycles. The van der Waals surface area contributed by atoms with Gasteiger partial charge >= 0.3 is 0 Å². The highest BCUT2D eigenvalue weighted by atomic mass is 32.2. The molecule has 0 aliphatic carbocycles. The summed E-state index contributed by atoms with van der Waals surface area (Å²) < 4.78 is 31.9. The molecule has 2 rings (SSSR count). The van der Waals surface area contributed by atoms with Gasteiger partial charge in [-0.25, -0.2) is 8.42 Å². The molecule has 0 saturated carbocycles. The van der Waals surface area contributed by atoms with Crippen LogP contribution in [0.2, 0.25) is 0 Å². The highest BCUT2D eigenvalue weighted by Gasteiger charge is 2.33. The van der Waals surface area contributed by atoms with Crippen molar-refractivity contribution in [3.63, 3.8) is 0 Å². The van der Waals surface area contributed by atoms with Crippen molar-refractivity contribution in [3.05, 3.63) is 29.8 Å². The van der Waals surface area contributed by atoms with Crippen molar-refractivity contribution in [1.82, 2.24) is 4.31 Å². The lowest BCUT2D eigenvalue weighted by Crippen LogP contribution is -2.50. The third kappa shape index (κ3) is 3.45. The number of sulfonamides is 1. The summed E-state index contributed by atoms with van der Waals surface area (Å²) in [6, 6.07) is 6.47. The van der Waals surface area contributed by atoms with Crippen LogP contribution in [0.4, 0.5) is 0 Å². The van der Waals surface area contributed by atoms with Crippen LogP contribution in [-0.2, 0) is 20.2 Å². The molecule has 0 radical (unpaired) electrons. The van der Waals surface area contributed by atoms with Crippen molar-refractivity contribution < 1.29 is 18.3 Å². The lowest BCUT2D eigenvalue weighted by atomic mass is 9.87. The van der Waals surface area contributed by atoms with Crippen LogP contribution in [0.1, 0.15) is 26.3 Å². The van der Waals surface area contributed by atoms with E-state index in [0.29, 0.717) is 6.61 Å². The number of aliphatic hydroxyl groups excluding tert-OH is 1. The first-order valence-electron chi connectivity index (χ1n) is 7.08. The average molecular weight is 313 g/mol. The second kappa shape index (κ2) is 6.04. The number of ether oxygens (including phenoxy) is 1. The minimum Gasteiger partial charge on any atom is -0.395 e. The van der Waals surface area contributed by atoms with Crippen LogP contribution in [-0.4, -0.2) is 50.2 Å². The van der Waals surface area contributed by atoms with Crippen LogP contribution in [0.5, 0.6) is 0 Å². The first-order valence-corrected chi connectivity index (χ1v) is 8.52. The molecule has 6 heteroatoms. The number of nitrogens with zero attached hydrogens (tertiary/aromatic N) is 1. The summed E-state index contributed by atoms with van der Waals surface area (Å²) in [4.78, 5) is 0.260. The number of rotatable bonds is 3. The number of morpholine rings is 1. The molecule has 1 atom stereocenters. The zero-order valence-corrected chi connectivity index (χ0v) is 13.6. The predicted molar refractivity (Wildman–Crippen MR) is 80.7 cm³/mol. The van der Waals surface area contributed by atoms with E-state index in [9.17, 15) is 13.5 Å². The second-order valence-corrected chi connectivity index (χ2v) is 8.19. The summed E-state index contributed by atoms with van der Waals surface area (Å²) in [7, 11) is -3.59. The van der Waals surface area contributed by atoms with E-state index >= 15 is 0 Å². The van der Waals surface area contributed by atoms with Crippen LogP contribution in [0.15, 0.2) is 29.2 Å². The van der Waals surface area contributed by atoms with Gasteiger partial charge in [-0.2, -0.15) is 4.31 Å². The quantitative estimate of drug-likeness (QED) is 0.915. The molecule has 0 spiro atoms. The summed E-state index contributed by atoms with van der Waals surface area (Å²) >= 11 is 0. The van der Waals surface area contributed by atoms with Gasteiger partial charge < -0.3 is 9.84 Å². The molecule has 0 amide bonds. The van der Waals surface area contributed by atoms with Gasteiger partial charge in [0.05, 0.1) is 30.8 Å². The van der Waals surface area contributed by atoms with E-state index in [1.54, 1.807) is 12.1 Å². The van der Waals surface area contributed by atoms with Gasteiger partial charge in [0.25, 0.3) is 0 Å². The van der Waals surface area contributed by atoms with Gasteiger partial charge in [0, 0.05) is 6.54 Å². The molecule has 1 aliphatic heterocycles. The Kier molecular flexibility index (Phi) is 4.72. The minimum absolute atomic E-state index is 0.0190. The highest BCUT2D eigenvalue weighted by molar-refractivity contribution is 7.89. The van der Waals surface area contributed by atoms with Gasteiger partial charge in [-0.1, -0.05) is 32.9 Å². The van der Waals surface area contributed by atoms with Crippen LogP contribution < -0.4 is 0 Å². The molecule has 0 bridgehead atoms. The van der Waals surface area contributed by atoms with Crippen molar-refractivity contribution in [3.8, 4) is 0 Å². The lowest BCUT2D eigenvalue weighted by molar-refractivity contribution is 0.0109. The maximum Gasteiger partial charge on any atom is 0.243 e. The van der Waals surface area contributed by atoms with E-state index < -0.39 is 16.1 Å². The SMILES string of the molecule is CC(C)(C)c1ccc(S(=O)(=O)N2CCOC[C@H]2CO)cc1. The van der Waals surface area contributed by atoms with E-state index in [1.807, 2.05) is 12.1 Å². The summed E-state index contributed by atoms with van der Waals surface area (Å²) in [5.41, 5.74) is 1.07. The molecule has 1 aliphatic rings. The molecule has 1 aromatic rings. The Morgan fingerprint density at radius 1 is 1.29 bits per heavy atom. The van der Waals surface area contributed by atoms with Crippen molar-refractivity contribution in [2.75, 3.05) is 26.4 Å². The number of benzene rings is 1. The summed E-state index contributed by atoms with van der Waals surface area (Å²) in [5.74, 6) is 0. The number of hydrogen-bond donors (Lipinski definition) is 1. The topological polar surface area (TPSA) is 66.8 Å². The largest absolute Gasteiger partial charge is 0.395 e. The average Bonchev–Trinajstić information content (AvgIpc) is 2.46. The molecule has 1 N–H and O–H groups in total. The monoisotopic (exact) mass is 313 g/mol. The molecular weight excluding hydrogens is 290 g/mol. The van der Waals surface area contributed by atoms with E-state index in [-0.39, 0.29) is 30.1 Å². The second-order valence-electron chi connectivity index (χ2n) is 6.30. The third-order valence-electron chi connectivity index (χ3n) is 3.71. The van der Waals surface area contributed by atoms with Crippen LogP contribution in [0.3, 0.4) is 0 Å². The van der Waals surface area contributed by atoms with Gasteiger partial charge in [0.15, 0.2) is 0 Å². The Labute approximate surface area is 126 Å². The van der Waals surface area contributed by atoms with Gasteiger partial charge in [0.1, 0.15) is 0 Å². The fourth-order valence-corrected chi connectivity index (χ4v) is 3.95. The summed E-state index contributed by atoms with van der Waals surface area (Å²) in [6.45, 7) is 6.88. The normalized spacial score (nSPS) is 21.4. The Morgan fingerprint density at radius 3 is 2.43 bits per heavy atom. The van der Waals surface area contributed by atoms with Gasteiger partial charge in [0.2, 0.25) is 10.0 Å². The maximum atomic E-state index is 12.7. The van der Waals surface area contributed by atoms with Crippen molar-refractivity contribution >= 4 is 10.0 Å². The Hall–Kier alpha value is -0.950. The molecule has 1 aromatic carbocycles. The van der Waals surface area contributed by atoms with E-state index in [2.05, 4.69) is 20.8 Å². The molecule has 21 heavy (non-hydrogen) atoms. The standard InChI is InChI=1S/C15H23NO4S/c1-15(2,3)12-4-6-14(7-5-12)21(18,19)16-8-9-20-11-13(16)10-17/h4-7,13,17H,8-11H2,1-3H3/t13-/m1/s1. The number of aliphatic hydroxyl groups is 1. The lowest BCUT2D eigenvalue weighted by Gasteiger charge is -2.33. The Bertz CT molecular complexity index is 575. The van der Waals surface area contributed by atoms with Crippen molar-refractivity contribution in [2.24, 2.45) is 0 Å². The van der Waals surface area contributed by atoms with Gasteiger partial charge in [-0.3, -0.25) is 0 Å². The smallest absolute Gasteiger partial charge is 0.243 e. The van der Waals surface area contributed by atoms with Gasteiger partial charge in [-0.15, -0.1) is 0 Å². The van der Waals surface area contributed by atoms with Crippen molar-refractivity contribution in [1.29, 1.82) is 0 Å². The molecule has 1 fully saturated rings. The van der Waals surface area contributed by atoms with E-state index in [0.717, 1.165) is 5.56 Å². The van der Waals surface area contributed by atoms with Crippen LogP contribution >= 0.6 is 0 Å². The zero-order chi connectivity index (χ0) is 15.7. The zero-order valence-electron chi connectivity index (χ0n) is 12.7. The molecule has 5 nitrogen and oxygen atoms in total. The number of hydrogen-bond acceptors (Lipinski definition) is 4. The Balaban J connectivity index is 2.31. The fraction of sp³-hybridized carbons (Fsp3) is 0.600. The molecule has 0 aromatic heterocycles. The minimum atomic E-state index is -3.59. The predicted octanol–water partition coefficient (Wildman–Crippen LogP) is 1.37. The molecule has 1 saturated heterocycles. The summed E-state index contributed by atoms with van der Waals surface area (Å²) in [6.07, 6.45) is 0. The van der Waals surface area contributed by atoms with Gasteiger partial charge in [-0.05, 0) is 23.1 Å². The first kappa shape index (κ1) is 16.4. The molecule has 0 unspecified atom stereocenters. The first-order chi connectivity index (χ1) is 9.76. The van der Waals surface area contributed by atoms with E-state index in [1.165, 1.54) is 4.31 Å². The molecule has 118 valence electrons. The Morgan fingerprint density at radius 2 is 1.90 bits per heavy atom. The van der Waals surface area contributed by atoms with Crippen molar-refractivity contribution in [2.45, 2.75) is 37.1 Å². The highest BCUT2D eigenvalue weighted by Crippen LogP contribution is 2.25. The maximum absolute atomic E-state index is 12.7. The van der Waals surface area contributed by atoms with Crippen LogP contribution in [0, 0.1) is 0 Å². The molecular formula is C15H23NO4S. The van der Waals surface area contributed by atoms with E-state index in [4.69, 9.17) is 4.74 Å². The summed E-state index contributed by atoms with van der Waals surface area (Å²) in [5, 5.41) is 9.34.